The highest BCUT2D eigenvalue weighted by molar-refractivity contribution is 7.14. The summed E-state index contributed by atoms with van der Waals surface area (Å²) in [6.07, 6.45) is 0. The number of benzene rings is 1. The van der Waals surface area contributed by atoms with Crippen molar-refractivity contribution in [3.8, 4) is 11.3 Å². The van der Waals surface area contributed by atoms with Gasteiger partial charge in [-0.05, 0) is 13.0 Å². The van der Waals surface area contributed by atoms with Gasteiger partial charge in [0.05, 0.1) is 5.69 Å². The molecule has 1 aromatic carbocycles. The first-order chi connectivity index (χ1) is 8.19. The van der Waals surface area contributed by atoms with E-state index in [4.69, 9.17) is 11.6 Å². The maximum absolute atomic E-state index is 11.1. The second kappa shape index (κ2) is 5.29. The first kappa shape index (κ1) is 12.1. The Kier molecular flexibility index (Phi) is 3.76. The summed E-state index contributed by atoms with van der Waals surface area (Å²) in [6, 6.07) is 8.07. The molecule has 0 aliphatic heterocycles. The summed E-state index contributed by atoms with van der Waals surface area (Å²) in [7, 11) is 0. The molecule has 0 saturated carbocycles. The highest BCUT2D eigenvalue weighted by atomic mass is 35.5. The number of hydrogen-bond acceptors (Lipinski definition) is 3. The largest absolute Gasteiger partial charge is 0.301 e. The fourth-order valence-electron chi connectivity index (χ4n) is 1.42. The van der Waals surface area contributed by atoms with Crippen molar-refractivity contribution in [1.82, 2.24) is 4.98 Å². The maximum Gasteiger partial charge on any atom is 0.241 e. The van der Waals surface area contributed by atoms with Crippen molar-refractivity contribution < 1.29 is 4.79 Å². The zero-order chi connectivity index (χ0) is 12.3. The molecule has 0 aliphatic carbocycles. The number of thiazole rings is 1. The Morgan fingerprint density at radius 3 is 3.06 bits per heavy atom. The van der Waals surface area contributed by atoms with E-state index in [1.54, 1.807) is 0 Å². The van der Waals surface area contributed by atoms with Gasteiger partial charge < -0.3 is 5.32 Å². The molecule has 0 saturated heterocycles. The van der Waals surface area contributed by atoms with E-state index in [2.05, 4.69) is 16.4 Å². The number of carbonyl (C=O) groups is 1. The number of hydrogen-bond donors (Lipinski definition) is 1. The molecule has 0 radical (unpaired) electrons. The van der Waals surface area contributed by atoms with Gasteiger partial charge in [-0.2, -0.15) is 0 Å². The van der Waals surface area contributed by atoms with Crippen LogP contribution in [0.4, 0.5) is 5.13 Å². The van der Waals surface area contributed by atoms with Crippen LogP contribution in [-0.2, 0) is 4.79 Å². The van der Waals surface area contributed by atoms with Crippen molar-refractivity contribution in [3.05, 3.63) is 35.2 Å². The van der Waals surface area contributed by atoms with Crippen molar-refractivity contribution in [3.63, 3.8) is 0 Å². The molecule has 0 atom stereocenters. The molecule has 3 nitrogen and oxygen atoms in total. The predicted octanol–water partition coefficient (Wildman–Crippen LogP) is 3.30. The van der Waals surface area contributed by atoms with E-state index in [9.17, 15) is 4.79 Å². The van der Waals surface area contributed by atoms with Crippen LogP contribution in [0.5, 0.6) is 0 Å². The second-order valence-corrected chi connectivity index (χ2v) is 4.71. The van der Waals surface area contributed by atoms with E-state index in [-0.39, 0.29) is 11.8 Å². The standard InChI is InChI=1S/C12H11ClN2OS/c1-8-3-2-4-9(5-8)10-7-17-12(14-10)15-11(16)6-13/h2-5,7H,6H2,1H3,(H,14,15,16). The number of carbonyl (C=O) groups excluding carboxylic acids is 1. The van der Waals surface area contributed by atoms with Crippen molar-refractivity contribution in [2.75, 3.05) is 11.2 Å². The van der Waals surface area contributed by atoms with Gasteiger partial charge in [0.25, 0.3) is 0 Å². The van der Waals surface area contributed by atoms with Gasteiger partial charge in [-0.1, -0.05) is 23.8 Å². The Morgan fingerprint density at radius 2 is 2.35 bits per heavy atom. The second-order valence-electron chi connectivity index (χ2n) is 3.59. The Labute approximate surface area is 108 Å². The molecule has 2 rings (SSSR count). The third kappa shape index (κ3) is 3.05. The fraction of sp³-hybridized carbons (Fsp3) is 0.167. The summed E-state index contributed by atoms with van der Waals surface area (Å²) in [5, 5.41) is 5.12. The minimum absolute atomic E-state index is 0.0562. The summed E-state index contributed by atoms with van der Waals surface area (Å²) < 4.78 is 0. The number of rotatable bonds is 3. The van der Waals surface area contributed by atoms with E-state index in [1.807, 2.05) is 30.5 Å². The van der Waals surface area contributed by atoms with Crippen molar-refractivity contribution in [2.45, 2.75) is 6.92 Å². The van der Waals surface area contributed by atoms with E-state index >= 15 is 0 Å². The van der Waals surface area contributed by atoms with Crippen LogP contribution >= 0.6 is 22.9 Å². The number of nitrogens with zero attached hydrogens (tertiary/aromatic N) is 1. The lowest BCUT2D eigenvalue weighted by atomic mass is 10.1. The molecule has 0 spiro atoms. The number of anilines is 1. The van der Waals surface area contributed by atoms with E-state index in [1.165, 1.54) is 16.9 Å². The molecule has 5 heteroatoms. The van der Waals surface area contributed by atoms with Gasteiger partial charge in [0.1, 0.15) is 5.88 Å². The normalized spacial score (nSPS) is 10.2. The highest BCUT2D eigenvalue weighted by Gasteiger charge is 2.06. The quantitative estimate of drug-likeness (QED) is 0.866. The summed E-state index contributed by atoms with van der Waals surface area (Å²) >= 11 is 6.80. The van der Waals surface area contributed by atoms with Crippen molar-refractivity contribution >= 4 is 34.0 Å². The van der Waals surface area contributed by atoms with Gasteiger partial charge >= 0.3 is 0 Å². The monoisotopic (exact) mass is 266 g/mol. The third-order valence-electron chi connectivity index (χ3n) is 2.19. The van der Waals surface area contributed by atoms with Gasteiger partial charge in [-0.15, -0.1) is 22.9 Å². The number of nitrogens with one attached hydrogen (secondary N) is 1. The number of aromatic nitrogens is 1. The smallest absolute Gasteiger partial charge is 0.241 e. The molecule has 1 heterocycles. The molecule has 0 unspecified atom stereocenters. The third-order valence-corrected chi connectivity index (χ3v) is 3.19. The molecule has 1 N–H and O–H groups in total. The van der Waals surface area contributed by atoms with E-state index in [0.29, 0.717) is 5.13 Å². The van der Waals surface area contributed by atoms with Gasteiger partial charge in [-0.25, -0.2) is 4.98 Å². The summed E-state index contributed by atoms with van der Waals surface area (Å²) in [4.78, 5) is 15.4. The number of aryl methyl sites for hydroxylation is 1. The summed E-state index contributed by atoms with van der Waals surface area (Å²) in [5.41, 5.74) is 3.10. The zero-order valence-corrected chi connectivity index (χ0v) is 10.8. The molecule has 88 valence electrons. The maximum atomic E-state index is 11.1. The van der Waals surface area contributed by atoms with Crippen LogP contribution in [0.3, 0.4) is 0 Å². The Balaban J connectivity index is 2.21. The molecule has 0 aliphatic rings. The van der Waals surface area contributed by atoms with Crippen LogP contribution in [0.25, 0.3) is 11.3 Å². The Morgan fingerprint density at radius 1 is 1.53 bits per heavy atom. The van der Waals surface area contributed by atoms with Crippen LogP contribution in [0.2, 0.25) is 0 Å². The van der Waals surface area contributed by atoms with E-state index in [0.717, 1.165) is 11.3 Å². The molecule has 0 fully saturated rings. The molecule has 1 aromatic heterocycles. The number of halogens is 1. The molecular formula is C12H11ClN2OS. The van der Waals surface area contributed by atoms with Gasteiger partial charge in [-0.3, -0.25) is 4.79 Å². The lowest BCUT2D eigenvalue weighted by Gasteiger charge is -1.98. The van der Waals surface area contributed by atoms with Crippen LogP contribution in [0.1, 0.15) is 5.56 Å². The van der Waals surface area contributed by atoms with Crippen LogP contribution < -0.4 is 5.32 Å². The SMILES string of the molecule is Cc1cccc(-c2csc(NC(=O)CCl)n2)c1. The van der Waals surface area contributed by atoms with Crippen LogP contribution in [0.15, 0.2) is 29.6 Å². The highest BCUT2D eigenvalue weighted by Crippen LogP contribution is 2.25. The van der Waals surface area contributed by atoms with Crippen molar-refractivity contribution in [2.24, 2.45) is 0 Å². The minimum Gasteiger partial charge on any atom is -0.301 e. The molecule has 0 bridgehead atoms. The Bertz CT molecular complexity index is 539. The molecule has 17 heavy (non-hydrogen) atoms. The average Bonchev–Trinajstić information content (AvgIpc) is 2.77. The van der Waals surface area contributed by atoms with Gasteiger partial charge in [0, 0.05) is 10.9 Å². The lowest BCUT2D eigenvalue weighted by Crippen LogP contribution is -2.12. The first-order valence-corrected chi connectivity index (χ1v) is 6.49. The van der Waals surface area contributed by atoms with Gasteiger partial charge in [0.15, 0.2) is 5.13 Å². The molecular weight excluding hydrogens is 256 g/mol. The Hall–Kier alpha value is -1.39. The van der Waals surface area contributed by atoms with Gasteiger partial charge in [0.2, 0.25) is 5.91 Å². The number of alkyl halides is 1. The summed E-state index contributed by atoms with van der Waals surface area (Å²) in [6.45, 7) is 2.03. The number of amides is 1. The van der Waals surface area contributed by atoms with Crippen LogP contribution in [-0.4, -0.2) is 16.8 Å². The average molecular weight is 267 g/mol. The molecule has 2 aromatic rings. The lowest BCUT2D eigenvalue weighted by molar-refractivity contribution is -0.113. The first-order valence-electron chi connectivity index (χ1n) is 5.07. The molecule has 1 amide bonds. The van der Waals surface area contributed by atoms with E-state index < -0.39 is 0 Å². The topological polar surface area (TPSA) is 42.0 Å². The summed E-state index contributed by atoms with van der Waals surface area (Å²) in [5.74, 6) is -0.295. The van der Waals surface area contributed by atoms with Crippen LogP contribution in [0, 0.1) is 6.92 Å². The predicted molar refractivity (Wildman–Crippen MR) is 71.6 cm³/mol. The fourth-order valence-corrected chi connectivity index (χ4v) is 2.22. The minimum atomic E-state index is -0.239. The van der Waals surface area contributed by atoms with Crippen molar-refractivity contribution in [1.29, 1.82) is 0 Å². The zero-order valence-electron chi connectivity index (χ0n) is 9.24.